The van der Waals surface area contributed by atoms with E-state index in [2.05, 4.69) is 0 Å². The molecule has 0 saturated carbocycles. The van der Waals surface area contributed by atoms with Gasteiger partial charge in [0.2, 0.25) is 5.43 Å². The molecule has 1 atom stereocenters. The standard InChI is InChI=1S/C28H31ClF2N2O6/c1-15(2)22(14-34)33-13-19(28(36)38-4)27(35)18-10-16(23(37-3)12-20(18)33)9-17-11-21(26(31)24(29)25(17)30)32-5-7-39-8-6-32/h10-13,15,22,34H,5-9,14H2,1-4H3/t22-/m1/s1. The van der Waals surface area contributed by atoms with Crippen LogP contribution < -0.4 is 15.1 Å². The van der Waals surface area contributed by atoms with Gasteiger partial charge in [0.05, 0.1) is 51.3 Å². The fraction of sp³-hybridized carbons (Fsp3) is 0.429. The summed E-state index contributed by atoms with van der Waals surface area (Å²) in [7, 11) is 2.61. The summed E-state index contributed by atoms with van der Waals surface area (Å²) < 4.78 is 47.6. The molecule has 1 saturated heterocycles. The zero-order valence-corrected chi connectivity index (χ0v) is 23.0. The normalized spacial score (nSPS) is 14.6. The number of pyridine rings is 1. The molecule has 210 valence electrons. The minimum atomic E-state index is -0.908. The van der Waals surface area contributed by atoms with Gasteiger partial charge in [0.25, 0.3) is 0 Å². The van der Waals surface area contributed by atoms with E-state index in [1.54, 1.807) is 15.5 Å². The lowest BCUT2D eigenvalue weighted by Crippen LogP contribution is -2.37. The molecule has 1 N–H and O–H groups in total. The number of benzene rings is 2. The molecule has 0 amide bonds. The number of rotatable bonds is 8. The van der Waals surface area contributed by atoms with Gasteiger partial charge in [-0.3, -0.25) is 4.79 Å². The third-order valence-corrected chi connectivity index (χ3v) is 7.42. The van der Waals surface area contributed by atoms with Crippen LogP contribution in [0.3, 0.4) is 0 Å². The maximum Gasteiger partial charge on any atom is 0.343 e. The number of nitrogens with zero attached hydrogens (tertiary/aromatic N) is 2. The highest BCUT2D eigenvalue weighted by Crippen LogP contribution is 2.35. The van der Waals surface area contributed by atoms with Crippen molar-refractivity contribution >= 4 is 34.2 Å². The molecule has 1 aliphatic rings. The van der Waals surface area contributed by atoms with Crippen molar-refractivity contribution in [3.63, 3.8) is 0 Å². The number of halogens is 3. The van der Waals surface area contributed by atoms with Gasteiger partial charge in [-0.1, -0.05) is 25.4 Å². The number of aromatic nitrogens is 1. The highest BCUT2D eigenvalue weighted by atomic mass is 35.5. The monoisotopic (exact) mass is 564 g/mol. The first-order chi connectivity index (χ1) is 18.6. The number of anilines is 1. The minimum absolute atomic E-state index is 0.0501. The zero-order valence-electron chi connectivity index (χ0n) is 22.2. The molecule has 0 radical (unpaired) electrons. The fourth-order valence-corrected chi connectivity index (χ4v) is 5.13. The van der Waals surface area contributed by atoms with Crippen LogP contribution in [0, 0.1) is 17.6 Å². The summed E-state index contributed by atoms with van der Waals surface area (Å²) in [6.07, 6.45) is 1.31. The summed E-state index contributed by atoms with van der Waals surface area (Å²) in [4.78, 5) is 27.6. The molecule has 0 aliphatic carbocycles. The van der Waals surface area contributed by atoms with Gasteiger partial charge in [0.15, 0.2) is 5.82 Å². The van der Waals surface area contributed by atoms with Crippen LogP contribution in [-0.2, 0) is 15.9 Å². The van der Waals surface area contributed by atoms with Crippen LogP contribution in [-0.4, -0.2) is 62.8 Å². The molecule has 11 heteroatoms. The second kappa shape index (κ2) is 11.9. The molecule has 0 bridgehead atoms. The molecule has 8 nitrogen and oxygen atoms in total. The molecule has 0 spiro atoms. The summed E-state index contributed by atoms with van der Waals surface area (Å²) in [5.41, 5.74) is 0.343. The Bertz CT molecular complexity index is 1450. The minimum Gasteiger partial charge on any atom is -0.496 e. The highest BCUT2D eigenvalue weighted by molar-refractivity contribution is 6.31. The van der Waals surface area contributed by atoms with Crippen LogP contribution in [0.1, 0.15) is 41.4 Å². The number of aliphatic hydroxyl groups is 1. The third kappa shape index (κ3) is 5.46. The fourth-order valence-electron chi connectivity index (χ4n) is 4.91. The van der Waals surface area contributed by atoms with Crippen molar-refractivity contribution in [3.8, 4) is 5.75 Å². The lowest BCUT2D eigenvalue weighted by atomic mass is 9.98. The molecule has 1 aliphatic heterocycles. The van der Waals surface area contributed by atoms with Crippen molar-refractivity contribution in [1.82, 2.24) is 4.57 Å². The second-order valence-corrected chi connectivity index (χ2v) is 10.1. The number of aliphatic hydroxyl groups excluding tert-OH is 1. The molecule has 2 heterocycles. The van der Waals surface area contributed by atoms with Crippen LogP contribution in [0.4, 0.5) is 14.5 Å². The Kier molecular flexibility index (Phi) is 8.78. The summed E-state index contributed by atoms with van der Waals surface area (Å²) in [6.45, 7) is 5.22. The van der Waals surface area contributed by atoms with E-state index in [-0.39, 0.29) is 41.1 Å². The van der Waals surface area contributed by atoms with E-state index >= 15 is 4.39 Å². The van der Waals surface area contributed by atoms with Crippen LogP contribution in [0.25, 0.3) is 10.9 Å². The second-order valence-electron chi connectivity index (χ2n) is 9.72. The number of morpholine rings is 1. The van der Waals surface area contributed by atoms with E-state index in [0.29, 0.717) is 43.1 Å². The Labute approximate surface area is 229 Å². The number of ether oxygens (including phenoxy) is 3. The van der Waals surface area contributed by atoms with Crippen molar-refractivity contribution in [1.29, 1.82) is 0 Å². The quantitative estimate of drug-likeness (QED) is 0.321. The topological polar surface area (TPSA) is 90.2 Å². The van der Waals surface area contributed by atoms with E-state index in [1.807, 2.05) is 13.8 Å². The first-order valence-electron chi connectivity index (χ1n) is 12.6. The summed E-state index contributed by atoms with van der Waals surface area (Å²) in [5, 5.41) is 9.65. The number of fused-ring (bicyclic) bond motifs is 1. The molecule has 4 rings (SSSR count). The Balaban J connectivity index is 1.92. The predicted octanol–water partition coefficient (Wildman–Crippen LogP) is 4.35. The van der Waals surface area contributed by atoms with E-state index in [9.17, 15) is 19.1 Å². The van der Waals surface area contributed by atoms with Gasteiger partial charge in [0.1, 0.15) is 22.2 Å². The van der Waals surface area contributed by atoms with Gasteiger partial charge >= 0.3 is 5.97 Å². The van der Waals surface area contributed by atoms with Crippen LogP contribution in [0.15, 0.2) is 29.2 Å². The molecule has 1 fully saturated rings. The molecular formula is C28H31ClF2N2O6. The van der Waals surface area contributed by atoms with E-state index < -0.39 is 34.1 Å². The zero-order chi connectivity index (χ0) is 28.4. The number of esters is 1. The number of methoxy groups -OCH3 is 2. The van der Waals surface area contributed by atoms with E-state index in [1.165, 1.54) is 32.5 Å². The third-order valence-electron chi connectivity index (χ3n) is 7.09. The van der Waals surface area contributed by atoms with Crippen LogP contribution in [0.5, 0.6) is 5.75 Å². The summed E-state index contributed by atoms with van der Waals surface area (Å²) in [6, 6.07) is 4.09. The number of hydrogen-bond donors (Lipinski definition) is 1. The molecule has 3 aromatic rings. The van der Waals surface area contributed by atoms with Crippen LogP contribution >= 0.6 is 11.6 Å². The maximum absolute atomic E-state index is 15.2. The van der Waals surface area contributed by atoms with Gasteiger partial charge in [-0.25, -0.2) is 13.6 Å². The number of carbonyl (C=O) groups is 1. The highest BCUT2D eigenvalue weighted by Gasteiger charge is 2.26. The van der Waals surface area contributed by atoms with Gasteiger partial charge in [-0.2, -0.15) is 0 Å². The summed E-state index contributed by atoms with van der Waals surface area (Å²) in [5.74, 6) is -2.28. The maximum atomic E-state index is 15.2. The van der Waals surface area contributed by atoms with Crippen molar-refractivity contribution in [3.05, 3.63) is 68.0 Å². The Morgan fingerprint density at radius 3 is 2.41 bits per heavy atom. The van der Waals surface area contributed by atoms with Crippen LogP contribution in [0.2, 0.25) is 5.02 Å². The predicted molar refractivity (Wildman–Crippen MR) is 144 cm³/mol. The first kappa shape index (κ1) is 28.8. The summed E-state index contributed by atoms with van der Waals surface area (Å²) >= 11 is 6.07. The van der Waals surface area contributed by atoms with Gasteiger partial charge < -0.3 is 28.8 Å². The van der Waals surface area contributed by atoms with Crippen molar-refractivity contribution in [2.75, 3.05) is 52.0 Å². The van der Waals surface area contributed by atoms with Crippen molar-refractivity contribution in [2.45, 2.75) is 26.3 Å². The smallest absolute Gasteiger partial charge is 0.343 e. The molecule has 1 aromatic heterocycles. The SMILES string of the molecule is COC(=O)c1cn([C@H](CO)C(C)C)c2cc(OC)c(Cc3cc(N4CCOCC4)c(F)c(Cl)c3F)cc2c1=O. The van der Waals surface area contributed by atoms with E-state index in [0.717, 1.165) is 0 Å². The van der Waals surface area contributed by atoms with Crippen molar-refractivity contribution < 1.29 is 32.9 Å². The molecule has 0 unspecified atom stereocenters. The molecular weight excluding hydrogens is 534 g/mol. The Morgan fingerprint density at radius 2 is 1.82 bits per heavy atom. The molecule has 2 aromatic carbocycles. The Hall–Kier alpha value is -3.21. The molecule has 39 heavy (non-hydrogen) atoms. The lowest BCUT2D eigenvalue weighted by molar-refractivity contribution is 0.0597. The average molecular weight is 565 g/mol. The Morgan fingerprint density at radius 1 is 1.13 bits per heavy atom. The van der Waals surface area contributed by atoms with E-state index in [4.69, 9.17) is 25.8 Å². The van der Waals surface area contributed by atoms with Gasteiger partial charge in [-0.15, -0.1) is 0 Å². The van der Waals surface area contributed by atoms with Gasteiger partial charge in [-0.05, 0) is 29.2 Å². The number of carbonyl (C=O) groups excluding carboxylic acids is 1. The lowest BCUT2D eigenvalue weighted by Gasteiger charge is -2.30. The first-order valence-corrected chi connectivity index (χ1v) is 12.9. The number of hydrogen-bond acceptors (Lipinski definition) is 7. The van der Waals surface area contributed by atoms with Gasteiger partial charge in [0, 0.05) is 37.2 Å². The average Bonchev–Trinajstić information content (AvgIpc) is 2.94. The largest absolute Gasteiger partial charge is 0.496 e. The van der Waals surface area contributed by atoms with Crippen molar-refractivity contribution in [2.24, 2.45) is 5.92 Å².